The van der Waals surface area contributed by atoms with Crippen molar-refractivity contribution in [3.8, 4) is 0 Å². The van der Waals surface area contributed by atoms with Gasteiger partial charge in [-0.2, -0.15) is 9.40 Å². The summed E-state index contributed by atoms with van der Waals surface area (Å²) in [5, 5.41) is 4.10. The molecule has 2 saturated heterocycles. The van der Waals surface area contributed by atoms with Crippen LogP contribution in [-0.2, 0) is 26.7 Å². The Balaban J connectivity index is 1.94. The highest BCUT2D eigenvalue weighted by atomic mass is 32.2. The van der Waals surface area contributed by atoms with Gasteiger partial charge in [-0.25, -0.2) is 8.42 Å². The van der Waals surface area contributed by atoms with Gasteiger partial charge in [0.1, 0.15) is 6.54 Å². The topological polar surface area (TPSA) is 95.8 Å². The fourth-order valence-corrected chi connectivity index (χ4v) is 4.84. The number of aromatic nitrogens is 2. The van der Waals surface area contributed by atoms with Gasteiger partial charge in [-0.05, 0) is 13.3 Å². The summed E-state index contributed by atoms with van der Waals surface area (Å²) < 4.78 is 27.5. The molecule has 1 atom stereocenters. The number of rotatable bonds is 3. The maximum Gasteiger partial charge on any atom is 0.246 e. The van der Waals surface area contributed by atoms with E-state index >= 15 is 0 Å². The molecule has 2 aliphatic rings. The summed E-state index contributed by atoms with van der Waals surface area (Å²) in [7, 11) is -1.57. The van der Waals surface area contributed by atoms with E-state index in [1.54, 1.807) is 35.9 Å². The van der Waals surface area contributed by atoms with E-state index in [0.717, 1.165) is 0 Å². The molecule has 0 radical (unpaired) electrons. The van der Waals surface area contributed by atoms with Crippen LogP contribution in [0.15, 0.2) is 12.4 Å². The van der Waals surface area contributed by atoms with Crippen molar-refractivity contribution in [2.24, 2.45) is 7.05 Å². The fraction of sp³-hybridized carbons (Fsp3) is 0.667. The van der Waals surface area contributed by atoms with Crippen LogP contribution in [0, 0.1) is 0 Å². The third-order valence-electron chi connectivity index (χ3n) is 5.06. The van der Waals surface area contributed by atoms with Gasteiger partial charge in [-0.3, -0.25) is 14.3 Å². The SMILES string of the molecule is CCS(=O)(=O)N1CCC2(CN(c3cnn(C)c3)C(=O)CN2C(C)=O)C1. The van der Waals surface area contributed by atoms with Crippen molar-refractivity contribution in [2.45, 2.75) is 25.8 Å². The molecule has 0 aromatic carbocycles. The van der Waals surface area contributed by atoms with E-state index < -0.39 is 15.6 Å². The quantitative estimate of drug-likeness (QED) is 0.710. The molecule has 1 unspecified atom stereocenters. The summed E-state index contributed by atoms with van der Waals surface area (Å²) in [6.45, 7) is 3.82. The molecule has 1 aromatic rings. The molecule has 0 bridgehead atoms. The second-order valence-electron chi connectivity index (χ2n) is 6.67. The van der Waals surface area contributed by atoms with E-state index in [4.69, 9.17) is 0 Å². The van der Waals surface area contributed by atoms with Crippen LogP contribution in [0.3, 0.4) is 0 Å². The average molecular weight is 369 g/mol. The van der Waals surface area contributed by atoms with Crippen molar-refractivity contribution >= 4 is 27.5 Å². The molecule has 3 heterocycles. The van der Waals surface area contributed by atoms with Crippen LogP contribution in [0.2, 0.25) is 0 Å². The van der Waals surface area contributed by atoms with E-state index in [0.29, 0.717) is 18.7 Å². The van der Waals surface area contributed by atoms with E-state index in [1.165, 1.54) is 16.1 Å². The molecule has 2 amide bonds. The number of carbonyl (C=O) groups is 2. The maximum absolute atomic E-state index is 12.6. The Kier molecular flexibility index (Phi) is 4.36. The third-order valence-corrected chi connectivity index (χ3v) is 6.89. The Hall–Kier alpha value is -1.94. The van der Waals surface area contributed by atoms with Crippen molar-refractivity contribution in [2.75, 3.05) is 36.8 Å². The number of carbonyl (C=O) groups excluding carboxylic acids is 2. The minimum Gasteiger partial charge on any atom is -0.325 e. The van der Waals surface area contributed by atoms with Crippen LogP contribution in [-0.4, -0.2) is 76.7 Å². The minimum absolute atomic E-state index is 0.0222. The number of hydrogen-bond donors (Lipinski definition) is 0. The van der Waals surface area contributed by atoms with E-state index in [9.17, 15) is 18.0 Å². The first kappa shape index (κ1) is 17.9. The van der Waals surface area contributed by atoms with Crippen LogP contribution in [0.1, 0.15) is 20.3 Å². The lowest BCUT2D eigenvalue weighted by atomic mass is 9.92. The molecule has 3 rings (SSSR count). The van der Waals surface area contributed by atoms with Crippen molar-refractivity contribution in [3.05, 3.63) is 12.4 Å². The van der Waals surface area contributed by atoms with Gasteiger partial charge in [0.15, 0.2) is 0 Å². The molecule has 0 aliphatic carbocycles. The lowest BCUT2D eigenvalue weighted by molar-refractivity contribution is -0.142. The van der Waals surface area contributed by atoms with E-state index in [-0.39, 0.29) is 37.2 Å². The number of sulfonamides is 1. The minimum atomic E-state index is -3.34. The van der Waals surface area contributed by atoms with Gasteiger partial charge in [-0.1, -0.05) is 0 Å². The molecule has 0 N–H and O–H groups in total. The molecule has 1 aromatic heterocycles. The smallest absolute Gasteiger partial charge is 0.246 e. The number of anilines is 1. The second-order valence-corrected chi connectivity index (χ2v) is 8.92. The molecule has 2 fully saturated rings. The summed E-state index contributed by atoms with van der Waals surface area (Å²) in [5.41, 5.74) is -0.0375. The van der Waals surface area contributed by atoms with Crippen molar-refractivity contribution < 1.29 is 18.0 Å². The summed E-state index contributed by atoms with van der Waals surface area (Å²) in [5.74, 6) is -0.380. The highest BCUT2D eigenvalue weighted by Gasteiger charge is 2.52. The van der Waals surface area contributed by atoms with Crippen LogP contribution >= 0.6 is 0 Å². The van der Waals surface area contributed by atoms with Gasteiger partial charge >= 0.3 is 0 Å². The molecule has 138 valence electrons. The third kappa shape index (κ3) is 3.04. The largest absolute Gasteiger partial charge is 0.325 e. The Morgan fingerprint density at radius 3 is 2.64 bits per heavy atom. The van der Waals surface area contributed by atoms with Crippen LogP contribution < -0.4 is 4.90 Å². The van der Waals surface area contributed by atoms with Crippen molar-refractivity contribution in [3.63, 3.8) is 0 Å². The zero-order valence-electron chi connectivity index (χ0n) is 14.7. The van der Waals surface area contributed by atoms with Gasteiger partial charge in [0.05, 0.1) is 29.7 Å². The first-order valence-corrected chi connectivity index (χ1v) is 9.84. The fourth-order valence-electron chi connectivity index (χ4n) is 3.67. The summed E-state index contributed by atoms with van der Waals surface area (Å²) in [6.07, 6.45) is 3.85. The number of amides is 2. The van der Waals surface area contributed by atoms with Crippen LogP contribution in [0.4, 0.5) is 5.69 Å². The van der Waals surface area contributed by atoms with Crippen molar-refractivity contribution in [1.82, 2.24) is 19.0 Å². The monoisotopic (exact) mass is 369 g/mol. The maximum atomic E-state index is 12.6. The Morgan fingerprint density at radius 1 is 1.36 bits per heavy atom. The molecular formula is C15H23N5O4S. The Bertz CT molecular complexity index is 805. The first-order valence-electron chi connectivity index (χ1n) is 8.23. The number of nitrogens with zero attached hydrogens (tertiary/aromatic N) is 5. The van der Waals surface area contributed by atoms with Crippen LogP contribution in [0.25, 0.3) is 0 Å². The lowest BCUT2D eigenvalue weighted by Crippen LogP contribution is -2.67. The van der Waals surface area contributed by atoms with Gasteiger partial charge in [-0.15, -0.1) is 0 Å². The van der Waals surface area contributed by atoms with Gasteiger partial charge in [0.25, 0.3) is 0 Å². The lowest BCUT2D eigenvalue weighted by Gasteiger charge is -2.47. The molecule has 2 aliphatic heterocycles. The number of piperazine rings is 1. The Morgan fingerprint density at radius 2 is 2.08 bits per heavy atom. The number of aryl methyl sites for hydroxylation is 1. The molecule has 25 heavy (non-hydrogen) atoms. The molecular weight excluding hydrogens is 346 g/mol. The Labute approximate surface area is 147 Å². The van der Waals surface area contributed by atoms with E-state index in [1.807, 2.05) is 0 Å². The van der Waals surface area contributed by atoms with Gasteiger partial charge in [0, 0.05) is 33.3 Å². The standard InChI is InChI=1S/C15H23N5O4S/c1-4-25(23,24)18-6-5-15(10-18)11-19(13-7-16-17(3)8-13)14(22)9-20(15)12(2)21/h7-8H,4-6,9-11H2,1-3H3. The first-order chi connectivity index (χ1) is 11.7. The molecule has 1 spiro atoms. The van der Waals surface area contributed by atoms with Gasteiger partial charge < -0.3 is 9.80 Å². The highest BCUT2D eigenvalue weighted by Crippen LogP contribution is 2.35. The predicted molar refractivity (Wildman–Crippen MR) is 91.3 cm³/mol. The zero-order chi connectivity index (χ0) is 18.4. The zero-order valence-corrected chi connectivity index (χ0v) is 15.5. The normalized spacial score (nSPS) is 25.2. The van der Waals surface area contributed by atoms with Gasteiger partial charge in [0.2, 0.25) is 21.8 Å². The predicted octanol–water partition coefficient (Wildman–Crippen LogP) is -0.591. The molecule has 9 nitrogen and oxygen atoms in total. The summed E-state index contributed by atoms with van der Waals surface area (Å²) in [6, 6.07) is 0. The van der Waals surface area contributed by atoms with Crippen molar-refractivity contribution in [1.29, 1.82) is 0 Å². The molecule has 10 heteroatoms. The average Bonchev–Trinajstić information content (AvgIpc) is 3.17. The highest BCUT2D eigenvalue weighted by molar-refractivity contribution is 7.89. The summed E-state index contributed by atoms with van der Waals surface area (Å²) >= 11 is 0. The number of hydrogen-bond acceptors (Lipinski definition) is 5. The summed E-state index contributed by atoms with van der Waals surface area (Å²) in [4.78, 5) is 27.8. The van der Waals surface area contributed by atoms with E-state index in [2.05, 4.69) is 5.10 Å². The second kappa shape index (κ2) is 6.10. The molecule has 0 saturated carbocycles. The van der Waals surface area contributed by atoms with Crippen LogP contribution in [0.5, 0.6) is 0 Å².